The van der Waals surface area contributed by atoms with Gasteiger partial charge in [0.05, 0.1) is 16.3 Å². The molecule has 1 aromatic carbocycles. The largest absolute Gasteiger partial charge is 0.351 e. The van der Waals surface area contributed by atoms with Crippen LogP contribution in [0.2, 0.25) is 5.02 Å². The van der Waals surface area contributed by atoms with Gasteiger partial charge in [-0.2, -0.15) is 0 Å². The van der Waals surface area contributed by atoms with Gasteiger partial charge >= 0.3 is 0 Å². The van der Waals surface area contributed by atoms with Gasteiger partial charge in [0.25, 0.3) is 5.91 Å². The molecular formula is C19H25ClF2N2O3S. The summed E-state index contributed by atoms with van der Waals surface area (Å²) in [5.74, 6) is -1.85. The monoisotopic (exact) mass is 434 g/mol. The van der Waals surface area contributed by atoms with Crippen LogP contribution in [0.15, 0.2) is 12.1 Å². The molecule has 5 nitrogen and oxygen atoms in total. The highest BCUT2D eigenvalue weighted by Gasteiger charge is 2.41. The molecule has 0 atom stereocenters. The summed E-state index contributed by atoms with van der Waals surface area (Å²) < 4.78 is 53.0. The maximum atomic E-state index is 14.0. The molecule has 1 aliphatic carbocycles. The van der Waals surface area contributed by atoms with E-state index in [-0.39, 0.29) is 21.8 Å². The van der Waals surface area contributed by atoms with Crippen molar-refractivity contribution in [2.75, 3.05) is 25.4 Å². The molecule has 0 aromatic heterocycles. The Morgan fingerprint density at radius 2 is 1.93 bits per heavy atom. The number of sulfonamides is 1. The quantitative estimate of drug-likeness (QED) is 0.713. The molecule has 1 saturated heterocycles. The van der Waals surface area contributed by atoms with Gasteiger partial charge in [-0.3, -0.25) is 4.79 Å². The topological polar surface area (TPSA) is 66.5 Å². The van der Waals surface area contributed by atoms with Crippen molar-refractivity contribution in [2.45, 2.75) is 39.0 Å². The lowest BCUT2D eigenvalue weighted by atomic mass is 9.74. The number of carbonyl (C=O) groups is 1. The van der Waals surface area contributed by atoms with Crippen molar-refractivity contribution < 1.29 is 22.0 Å². The second-order valence-corrected chi connectivity index (χ2v) is 10.5. The van der Waals surface area contributed by atoms with Gasteiger partial charge < -0.3 is 5.32 Å². The zero-order valence-corrected chi connectivity index (χ0v) is 17.4. The van der Waals surface area contributed by atoms with Crippen molar-refractivity contribution in [3.63, 3.8) is 0 Å². The summed E-state index contributed by atoms with van der Waals surface area (Å²) in [5.41, 5.74) is -0.588. The van der Waals surface area contributed by atoms with Crippen molar-refractivity contribution in [3.8, 4) is 0 Å². The summed E-state index contributed by atoms with van der Waals surface area (Å²) in [7, 11) is -3.23. The van der Waals surface area contributed by atoms with Crippen LogP contribution in [-0.4, -0.2) is 44.0 Å². The smallest absolute Gasteiger partial charge is 0.255 e. The number of nitrogens with zero attached hydrogens (tertiary/aromatic N) is 1. The Balaban J connectivity index is 1.70. The molecule has 1 amide bonds. The van der Waals surface area contributed by atoms with Crippen molar-refractivity contribution in [1.82, 2.24) is 9.62 Å². The highest BCUT2D eigenvalue weighted by atomic mass is 35.5. The Morgan fingerprint density at radius 1 is 1.29 bits per heavy atom. The van der Waals surface area contributed by atoms with Gasteiger partial charge in [0.1, 0.15) is 11.6 Å². The predicted molar refractivity (Wildman–Crippen MR) is 104 cm³/mol. The number of hydrogen-bond acceptors (Lipinski definition) is 3. The molecule has 3 rings (SSSR count). The molecule has 1 N–H and O–H groups in total. The lowest BCUT2D eigenvalue weighted by molar-refractivity contribution is 0.0868. The number of benzene rings is 1. The van der Waals surface area contributed by atoms with E-state index in [0.717, 1.165) is 25.3 Å². The third-order valence-electron chi connectivity index (χ3n) is 5.82. The molecule has 1 saturated carbocycles. The van der Waals surface area contributed by atoms with Gasteiger partial charge in [-0.05, 0) is 43.6 Å². The molecule has 1 aromatic rings. The van der Waals surface area contributed by atoms with Crippen LogP contribution in [0.4, 0.5) is 8.78 Å². The van der Waals surface area contributed by atoms with Crippen molar-refractivity contribution in [3.05, 3.63) is 34.4 Å². The van der Waals surface area contributed by atoms with Gasteiger partial charge in [0.15, 0.2) is 0 Å². The Hall–Kier alpha value is -1.25. The number of nitrogens with one attached hydrogen (secondary N) is 1. The minimum absolute atomic E-state index is 0.0711. The SMILES string of the molecule is CCS(=O)(=O)N1CCC(CNC(=O)c2c(F)cc(F)cc2Cl)(CC2CC2)CC1. The number of hydrogen-bond donors (Lipinski definition) is 1. The fourth-order valence-corrected chi connectivity index (χ4v) is 5.31. The fourth-order valence-electron chi connectivity index (χ4n) is 3.92. The average Bonchev–Trinajstić information content (AvgIpc) is 3.43. The Labute approximate surface area is 169 Å². The van der Waals surface area contributed by atoms with Crippen molar-refractivity contribution in [2.24, 2.45) is 11.3 Å². The van der Waals surface area contributed by atoms with E-state index in [1.54, 1.807) is 6.92 Å². The van der Waals surface area contributed by atoms with Gasteiger partial charge in [0, 0.05) is 25.7 Å². The minimum atomic E-state index is -3.23. The maximum Gasteiger partial charge on any atom is 0.255 e. The van der Waals surface area contributed by atoms with Crippen LogP contribution in [0.25, 0.3) is 0 Å². The van der Waals surface area contributed by atoms with Gasteiger partial charge in [-0.1, -0.05) is 24.4 Å². The lowest BCUT2D eigenvalue weighted by Crippen LogP contribution is -2.48. The van der Waals surface area contributed by atoms with E-state index in [1.165, 1.54) is 4.31 Å². The van der Waals surface area contributed by atoms with Crippen LogP contribution in [0, 0.1) is 23.0 Å². The first-order chi connectivity index (χ1) is 13.2. The number of amides is 1. The Bertz CT molecular complexity index is 828. The zero-order valence-electron chi connectivity index (χ0n) is 15.8. The summed E-state index contributed by atoms with van der Waals surface area (Å²) in [4.78, 5) is 12.5. The number of piperidine rings is 1. The van der Waals surface area contributed by atoms with E-state index in [1.807, 2.05) is 0 Å². The molecule has 2 aliphatic rings. The van der Waals surface area contributed by atoms with Gasteiger partial charge in [-0.15, -0.1) is 0 Å². The molecule has 156 valence electrons. The third kappa shape index (κ3) is 4.83. The molecule has 0 bridgehead atoms. The Kier molecular flexibility index (Phi) is 6.32. The third-order valence-corrected chi connectivity index (χ3v) is 8.00. The lowest BCUT2D eigenvalue weighted by Gasteiger charge is -2.41. The molecule has 1 aliphatic heterocycles. The van der Waals surface area contributed by atoms with Crippen LogP contribution in [0.3, 0.4) is 0 Å². The maximum absolute atomic E-state index is 14.0. The molecule has 2 fully saturated rings. The minimum Gasteiger partial charge on any atom is -0.351 e. The fraction of sp³-hybridized carbons (Fsp3) is 0.632. The van der Waals surface area contributed by atoms with Crippen molar-refractivity contribution in [1.29, 1.82) is 0 Å². The number of carbonyl (C=O) groups excluding carboxylic acids is 1. The Morgan fingerprint density at radius 3 is 2.46 bits per heavy atom. The second-order valence-electron chi connectivity index (χ2n) is 7.87. The first-order valence-corrected chi connectivity index (χ1v) is 11.5. The van der Waals surface area contributed by atoms with E-state index in [9.17, 15) is 22.0 Å². The van der Waals surface area contributed by atoms with E-state index >= 15 is 0 Å². The molecule has 1 heterocycles. The summed E-state index contributed by atoms with van der Waals surface area (Å²) in [6, 6.07) is 1.54. The van der Waals surface area contributed by atoms with Crippen LogP contribution in [-0.2, 0) is 10.0 Å². The summed E-state index contributed by atoms with van der Waals surface area (Å²) in [6.07, 6.45) is 4.48. The van der Waals surface area contributed by atoms with E-state index in [0.29, 0.717) is 44.5 Å². The molecule has 0 unspecified atom stereocenters. The predicted octanol–water partition coefficient (Wildman–Crippen LogP) is 3.58. The molecule has 0 spiro atoms. The molecule has 9 heteroatoms. The summed E-state index contributed by atoms with van der Waals surface area (Å²) in [6.45, 7) is 2.78. The first kappa shape index (κ1) is 21.5. The molecule has 0 radical (unpaired) electrons. The van der Waals surface area contributed by atoms with E-state index in [4.69, 9.17) is 11.6 Å². The summed E-state index contributed by atoms with van der Waals surface area (Å²) >= 11 is 5.85. The van der Waals surface area contributed by atoms with Crippen molar-refractivity contribution >= 4 is 27.5 Å². The normalized spacial score (nSPS) is 20.1. The van der Waals surface area contributed by atoms with Gasteiger partial charge in [0.2, 0.25) is 10.0 Å². The van der Waals surface area contributed by atoms with Crippen LogP contribution in [0.5, 0.6) is 0 Å². The van der Waals surface area contributed by atoms with Crippen LogP contribution < -0.4 is 5.32 Å². The van der Waals surface area contributed by atoms with Gasteiger partial charge in [-0.25, -0.2) is 21.5 Å². The van der Waals surface area contributed by atoms with E-state index < -0.39 is 27.6 Å². The highest BCUT2D eigenvalue weighted by molar-refractivity contribution is 7.89. The summed E-state index contributed by atoms with van der Waals surface area (Å²) in [5, 5.41) is 2.49. The number of rotatable bonds is 7. The highest BCUT2D eigenvalue weighted by Crippen LogP contribution is 2.45. The number of halogens is 3. The molecule has 28 heavy (non-hydrogen) atoms. The average molecular weight is 435 g/mol. The second kappa shape index (κ2) is 8.24. The van der Waals surface area contributed by atoms with Crippen LogP contribution in [0.1, 0.15) is 49.4 Å². The zero-order chi connectivity index (χ0) is 20.5. The van der Waals surface area contributed by atoms with E-state index in [2.05, 4.69) is 5.32 Å². The standard InChI is InChI=1S/C19H25ClF2N2O3S/c1-2-28(26,27)24-7-5-19(6-8-24,11-13-3-4-13)12-23-18(25)17-15(20)9-14(21)10-16(17)22/h9-10,13H,2-8,11-12H2,1H3,(H,23,25). The first-order valence-electron chi connectivity index (χ1n) is 9.56. The molecular weight excluding hydrogens is 410 g/mol. The van der Waals surface area contributed by atoms with Crippen LogP contribution >= 0.6 is 11.6 Å².